The van der Waals surface area contributed by atoms with Crippen LogP contribution in [-0.2, 0) is 4.79 Å². The molecule has 2 rings (SSSR count). The van der Waals surface area contributed by atoms with Crippen LogP contribution in [0.1, 0.15) is 45.9 Å². The van der Waals surface area contributed by atoms with Crippen LogP contribution in [0.4, 0.5) is 0 Å². The zero-order valence-corrected chi connectivity index (χ0v) is 10.1. The average Bonchev–Trinajstić information content (AvgIpc) is 2.67. The van der Waals surface area contributed by atoms with Crippen molar-refractivity contribution in [2.45, 2.75) is 20.3 Å². The van der Waals surface area contributed by atoms with Gasteiger partial charge in [0.1, 0.15) is 5.69 Å². The van der Waals surface area contributed by atoms with Crippen molar-refractivity contribution in [1.29, 1.82) is 0 Å². The van der Waals surface area contributed by atoms with E-state index < -0.39 is 11.8 Å². The molecule has 0 radical (unpaired) electrons. The Hall–Kier alpha value is -2.24. The zero-order valence-electron chi connectivity index (χ0n) is 10.1. The van der Waals surface area contributed by atoms with Crippen LogP contribution in [0.15, 0.2) is 12.3 Å². The summed E-state index contributed by atoms with van der Waals surface area (Å²) in [5.74, 6) is -1.63. The molecular formula is C12H12N2O4. The van der Waals surface area contributed by atoms with E-state index >= 15 is 0 Å². The second kappa shape index (κ2) is 4.21. The van der Waals surface area contributed by atoms with Gasteiger partial charge in [0, 0.05) is 38.6 Å². The Bertz CT molecular complexity index is 571. The van der Waals surface area contributed by atoms with Gasteiger partial charge in [0.05, 0.1) is 0 Å². The summed E-state index contributed by atoms with van der Waals surface area (Å²) in [6, 6.07) is 1.45. The zero-order chi connectivity index (χ0) is 13.4. The summed E-state index contributed by atoms with van der Waals surface area (Å²) in [7, 11) is 0. The van der Waals surface area contributed by atoms with Crippen LogP contribution >= 0.6 is 0 Å². The SMILES string of the molecule is CC(=O)N1CCC(=O)c2ccn(C(C)=O)c2C1=O. The molecule has 0 N–H and O–H groups in total. The maximum Gasteiger partial charge on any atom is 0.278 e. The first kappa shape index (κ1) is 12.2. The normalized spacial score (nSPS) is 15.3. The largest absolute Gasteiger partial charge is 0.294 e. The topological polar surface area (TPSA) is 76.5 Å². The Balaban J connectivity index is 2.62. The van der Waals surface area contributed by atoms with Crippen LogP contribution in [0, 0.1) is 0 Å². The lowest BCUT2D eigenvalue weighted by atomic mass is 10.1. The molecule has 0 saturated heterocycles. The number of hydrogen-bond acceptors (Lipinski definition) is 4. The highest BCUT2D eigenvalue weighted by Gasteiger charge is 2.32. The van der Waals surface area contributed by atoms with Gasteiger partial charge in [-0.2, -0.15) is 0 Å². The van der Waals surface area contributed by atoms with E-state index in [1.54, 1.807) is 0 Å². The number of aromatic nitrogens is 1. The molecule has 1 aromatic rings. The van der Waals surface area contributed by atoms with Crippen molar-refractivity contribution in [2.75, 3.05) is 6.54 Å². The molecular weight excluding hydrogens is 236 g/mol. The summed E-state index contributed by atoms with van der Waals surface area (Å²) in [4.78, 5) is 47.8. The van der Waals surface area contributed by atoms with Gasteiger partial charge in [-0.05, 0) is 6.07 Å². The number of fused-ring (bicyclic) bond motifs is 1. The molecule has 0 saturated carbocycles. The third kappa shape index (κ3) is 1.75. The lowest BCUT2D eigenvalue weighted by molar-refractivity contribution is -0.126. The van der Waals surface area contributed by atoms with E-state index in [1.807, 2.05) is 0 Å². The fraction of sp³-hybridized carbons (Fsp3) is 0.333. The van der Waals surface area contributed by atoms with Crippen molar-refractivity contribution >= 4 is 23.5 Å². The van der Waals surface area contributed by atoms with Gasteiger partial charge in [-0.3, -0.25) is 28.6 Å². The van der Waals surface area contributed by atoms with Gasteiger partial charge in [0.15, 0.2) is 5.78 Å². The molecule has 0 aromatic carbocycles. The first-order valence-corrected chi connectivity index (χ1v) is 5.51. The third-order valence-corrected chi connectivity index (χ3v) is 2.92. The molecule has 1 aliphatic rings. The number of carbonyl (C=O) groups is 4. The Morgan fingerprint density at radius 2 is 1.83 bits per heavy atom. The molecule has 0 aliphatic carbocycles. The number of hydrogen-bond donors (Lipinski definition) is 0. The quantitative estimate of drug-likeness (QED) is 0.678. The minimum absolute atomic E-state index is 0.0137. The van der Waals surface area contributed by atoms with Crippen molar-refractivity contribution in [1.82, 2.24) is 9.47 Å². The fourth-order valence-corrected chi connectivity index (χ4v) is 2.02. The van der Waals surface area contributed by atoms with E-state index in [1.165, 1.54) is 26.1 Å². The predicted octanol–water partition coefficient (Wildman–Crippen LogP) is 0.723. The van der Waals surface area contributed by atoms with Gasteiger partial charge in [-0.1, -0.05) is 0 Å². The van der Waals surface area contributed by atoms with Gasteiger partial charge in [-0.15, -0.1) is 0 Å². The Labute approximate surface area is 103 Å². The number of rotatable bonds is 0. The molecule has 1 aliphatic heterocycles. The van der Waals surface area contributed by atoms with E-state index in [9.17, 15) is 19.2 Å². The molecule has 6 heteroatoms. The van der Waals surface area contributed by atoms with Crippen molar-refractivity contribution < 1.29 is 19.2 Å². The van der Waals surface area contributed by atoms with Crippen LogP contribution < -0.4 is 0 Å². The molecule has 2 heterocycles. The highest BCUT2D eigenvalue weighted by atomic mass is 16.2. The minimum atomic E-state index is -0.594. The smallest absolute Gasteiger partial charge is 0.278 e. The molecule has 0 bridgehead atoms. The predicted molar refractivity (Wildman–Crippen MR) is 61.4 cm³/mol. The summed E-state index contributed by atoms with van der Waals surface area (Å²) < 4.78 is 1.11. The Morgan fingerprint density at radius 3 is 2.39 bits per heavy atom. The van der Waals surface area contributed by atoms with Crippen LogP contribution in [0.3, 0.4) is 0 Å². The molecule has 18 heavy (non-hydrogen) atoms. The van der Waals surface area contributed by atoms with E-state index in [2.05, 4.69) is 0 Å². The lowest BCUT2D eigenvalue weighted by Crippen LogP contribution is -2.36. The number of nitrogens with zero attached hydrogens (tertiary/aromatic N) is 2. The maximum atomic E-state index is 12.2. The Morgan fingerprint density at radius 1 is 1.17 bits per heavy atom. The molecule has 2 amide bonds. The van der Waals surface area contributed by atoms with Crippen LogP contribution in [0.5, 0.6) is 0 Å². The van der Waals surface area contributed by atoms with Crippen LogP contribution in [0.2, 0.25) is 0 Å². The summed E-state index contributed by atoms with van der Waals surface area (Å²) in [6.45, 7) is 2.61. The third-order valence-electron chi connectivity index (χ3n) is 2.92. The fourth-order valence-electron chi connectivity index (χ4n) is 2.02. The minimum Gasteiger partial charge on any atom is -0.294 e. The first-order chi connectivity index (χ1) is 8.43. The highest BCUT2D eigenvalue weighted by Crippen LogP contribution is 2.20. The van der Waals surface area contributed by atoms with Crippen molar-refractivity contribution in [3.8, 4) is 0 Å². The maximum absolute atomic E-state index is 12.2. The van der Waals surface area contributed by atoms with Crippen molar-refractivity contribution in [3.05, 3.63) is 23.5 Å². The number of ketones is 1. The number of imide groups is 1. The summed E-state index contributed by atoms with van der Waals surface area (Å²) >= 11 is 0. The van der Waals surface area contributed by atoms with Crippen molar-refractivity contribution in [3.63, 3.8) is 0 Å². The Kier molecular flexibility index (Phi) is 2.86. The van der Waals surface area contributed by atoms with Gasteiger partial charge in [0.2, 0.25) is 11.8 Å². The highest BCUT2D eigenvalue weighted by molar-refractivity contribution is 6.14. The average molecular weight is 248 g/mol. The summed E-state index contributed by atoms with van der Waals surface area (Å²) in [6.07, 6.45) is 1.46. The molecule has 94 valence electrons. The summed E-state index contributed by atoms with van der Waals surface area (Å²) in [5, 5.41) is 0. The lowest BCUT2D eigenvalue weighted by Gasteiger charge is -2.16. The van der Waals surface area contributed by atoms with Crippen LogP contribution in [0.25, 0.3) is 0 Å². The molecule has 0 atom stereocenters. The molecule has 1 aromatic heterocycles. The first-order valence-electron chi connectivity index (χ1n) is 5.51. The van der Waals surface area contributed by atoms with E-state index in [4.69, 9.17) is 0 Å². The molecule has 0 spiro atoms. The summed E-state index contributed by atoms with van der Waals surface area (Å²) in [5.41, 5.74) is 0.194. The number of amides is 2. The van der Waals surface area contributed by atoms with E-state index in [0.29, 0.717) is 0 Å². The number of Topliss-reactive ketones (excluding diaryl/α,β-unsaturated/α-hetero) is 1. The van der Waals surface area contributed by atoms with E-state index in [0.717, 1.165) is 9.47 Å². The molecule has 6 nitrogen and oxygen atoms in total. The molecule has 0 unspecified atom stereocenters. The van der Waals surface area contributed by atoms with Gasteiger partial charge >= 0.3 is 0 Å². The van der Waals surface area contributed by atoms with Gasteiger partial charge < -0.3 is 0 Å². The second-order valence-corrected chi connectivity index (χ2v) is 4.12. The number of carbonyl (C=O) groups excluding carboxylic acids is 4. The van der Waals surface area contributed by atoms with Gasteiger partial charge in [0.25, 0.3) is 5.91 Å². The van der Waals surface area contributed by atoms with E-state index in [-0.39, 0.29) is 35.9 Å². The standard InChI is InChI=1S/C12H12N2O4/c1-7(15)13-5-3-9-10(17)4-6-14(8(2)16)12(18)11(9)13/h3,5H,4,6H2,1-2H3. The van der Waals surface area contributed by atoms with Gasteiger partial charge in [-0.25, -0.2) is 0 Å². The van der Waals surface area contributed by atoms with Crippen LogP contribution in [-0.4, -0.2) is 39.5 Å². The second-order valence-electron chi connectivity index (χ2n) is 4.12. The monoisotopic (exact) mass is 248 g/mol. The molecule has 0 fully saturated rings. The van der Waals surface area contributed by atoms with Crippen molar-refractivity contribution in [2.24, 2.45) is 0 Å².